The molecule has 0 fully saturated rings. The zero-order valence-electron chi connectivity index (χ0n) is 7.22. The fourth-order valence-corrected chi connectivity index (χ4v) is 0.693. The van der Waals surface area contributed by atoms with Crippen molar-refractivity contribution in [2.75, 3.05) is 6.61 Å². The number of rotatable bonds is 4. The predicted molar refractivity (Wildman–Crippen MR) is 31.1 cm³/mol. The molecule has 0 atom stereocenters. The third kappa shape index (κ3) is 2.20. The number of hydrogen-bond donors (Lipinski definition) is 0. The Morgan fingerprint density at radius 3 is 1.31 bits per heavy atom. The molecule has 97 valence electrons. The summed E-state index contributed by atoms with van der Waals surface area (Å²) in [5, 5.41) is 9.63. The summed E-state index contributed by atoms with van der Waals surface area (Å²) in [5.41, 5.74) is 0. The standard InChI is InChI=1S/C6H4F9O/c7-3(8,1-2-16)4(9,10)5(11,12)6(13,14)15/h1-2H2. The Bertz CT molecular complexity index is 243. The Hall–Kier alpha value is -0.670. The highest BCUT2D eigenvalue weighted by Gasteiger charge is 2.81. The van der Waals surface area contributed by atoms with E-state index in [1.807, 2.05) is 0 Å². The van der Waals surface area contributed by atoms with Crippen LogP contribution in [0.3, 0.4) is 0 Å². The summed E-state index contributed by atoms with van der Waals surface area (Å²) in [6.07, 6.45) is -9.14. The van der Waals surface area contributed by atoms with Crippen LogP contribution in [0.15, 0.2) is 0 Å². The fraction of sp³-hybridized carbons (Fsp3) is 1.00. The van der Waals surface area contributed by atoms with Crippen molar-refractivity contribution in [2.24, 2.45) is 0 Å². The maximum atomic E-state index is 12.3. The van der Waals surface area contributed by atoms with Gasteiger partial charge in [0.15, 0.2) is 0 Å². The quantitative estimate of drug-likeness (QED) is 0.694. The van der Waals surface area contributed by atoms with E-state index in [1.54, 1.807) is 0 Å². The maximum absolute atomic E-state index is 12.3. The lowest BCUT2D eigenvalue weighted by Crippen LogP contribution is -2.61. The van der Waals surface area contributed by atoms with Gasteiger partial charge in [-0.15, -0.1) is 0 Å². The molecule has 0 heterocycles. The van der Waals surface area contributed by atoms with Crippen LogP contribution < -0.4 is 0 Å². The van der Waals surface area contributed by atoms with Gasteiger partial charge in [0.2, 0.25) is 0 Å². The van der Waals surface area contributed by atoms with Gasteiger partial charge in [0.05, 0.1) is 6.61 Å². The molecule has 0 N–H and O–H groups in total. The van der Waals surface area contributed by atoms with Crippen molar-refractivity contribution in [1.82, 2.24) is 0 Å². The Morgan fingerprint density at radius 2 is 1.06 bits per heavy atom. The molecule has 0 spiro atoms. The number of alkyl halides is 9. The average Bonchev–Trinajstić information content (AvgIpc) is 2.01. The lowest BCUT2D eigenvalue weighted by atomic mass is 10.0. The number of halogens is 9. The first-order valence-electron chi connectivity index (χ1n) is 3.59. The van der Waals surface area contributed by atoms with Gasteiger partial charge < -0.3 is 0 Å². The van der Waals surface area contributed by atoms with E-state index in [1.165, 1.54) is 0 Å². The van der Waals surface area contributed by atoms with E-state index in [9.17, 15) is 44.6 Å². The molecule has 0 rings (SSSR count). The Balaban J connectivity index is 5.34. The summed E-state index contributed by atoms with van der Waals surface area (Å²) in [6.45, 7) is -1.91. The summed E-state index contributed by atoms with van der Waals surface area (Å²) >= 11 is 0. The normalized spacial score (nSPS) is 15.4. The third-order valence-corrected chi connectivity index (χ3v) is 1.63. The maximum Gasteiger partial charge on any atom is 0.460 e. The van der Waals surface area contributed by atoms with Gasteiger partial charge in [0, 0.05) is 6.42 Å². The van der Waals surface area contributed by atoms with Crippen molar-refractivity contribution < 1.29 is 44.6 Å². The van der Waals surface area contributed by atoms with E-state index < -0.39 is 37.0 Å². The van der Waals surface area contributed by atoms with Gasteiger partial charge >= 0.3 is 23.9 Å². The molecule has 16 heavy (non-hydrogen) atoms. The molecule has 1 nitrogen and oxygen atoms in total. The van der Waals surface area contributed by atoms with E-state index in [-0.39, 0.29) is 0 Å². The van der Waals surface area contributed by atoms with Crippen molar-refractivity contribution in [3.05, 3.63) is 0 Å². The topological polar surface area (TPSA) is 19.9 Å². The molecule has 0 aliphatic rings. The molecule has 0 aromatic rings. The minimum absolute atomic E-state index is 1.91. The minimum Gasteiger partial charge on any atom is -0.236 e. The van der Waals surface area contributed by atoms with Gasteiger partial charge in [0.1, 0.15) is 0 Å². The first-order chi connectivity index (χ1) is 6.81. The summed E-state index contributed by atoms with van der Waals surface area (Å²) in [6, 6.07) is 0. The highest BCUT2D eigenvalue weighted by molar-refractivity contribution is 5.00. The molecule has 0 saturated carbocycles. The predicted octanol–water partition coefficient (Wildman–Crippen LogP) is 3.28. The van der Waals surface area contributed by atoms with Gasteiger partial charge in [-0.3, -0.25) is 0 Å². The third-order valence-electron chi connectivity index (χ3n) is 1.63. The Morgan fingerprint density at radius 1 is 0.688 bits per heavy atom. The second kappa shape index (κ2) is 3.97. The zero-order chi connectivity index (χ0) is 13.4. The van der Waals surface area contributed by atoms with E-state index in [0.717, 1.165) is 0 Å². The lowest BCUT2D eigenvalue weighted by molar-refractivity contribution is -0.397. The van der Waals surface area contributed by atoms with Crippen molar-refractivity contribution in [2.45, 2.75) is 30.4 Å². The zero-order valence-corrected chi connectivity index (χ0v) is 7.22. The lowest BCUT2D eigenvalue weighted by Gasteiger charge is -2.33. The molecule has 0 aromatic carbocycles. The van der Waals surface area contributed by atoms with Gasteiger partial charge in [-0.2, -0.15) is 39.5 Å². The SMILES string of the molecule is [O]CCC(F)(F)C(F)(F)C(F)(F)C(F)(F)F. The van der Waals surface area contributed by atoms with E-state index in [2.05, 4.69) is 0 Å². The average molecular weight is 263 g/mol. The first kappa shape index (κ1) is 15.3. The molecule has 0 saturated heterocycles. The molecular weight excluding hydrogens is 259 g/mol. The molecule has 0 aliphatic heterocycles. The molecule has 1 radical (unpaired) electrons. The molecular formula is C6H4F9O. The van der Waals surface area contributed by atoms with Crippen LogP contribution in [0.5, 0.6) is 0 Å². The van der Waals surface area contributed by atoms with Crippen molar-refractivity contribution in [1.29, 1.82) is 0 Å². The highest BCUT2D eigenvalue weighted by Crippen LogP contribution is 2.53. The van der Waals surface area contributed by atoms with Crippen LogP contribution in [0.2, 0.25) is 0 Å². The molecule has 0 aromatic heterocycles. The van der Waals surface area contributed by atoms with Gasteiger partial charge in [-0.1, -0.05) is 0 Å². The van der Waals surface area contributed by atoms with Crippen molar-refractivity contribution >= 4 is 0 Å². The molecule has 0 bridgehead atoms. The van der Waals surface area contributed by atoms with Crippen LogP contribution in [0.4, 0.5) is 39.5 Å². The molecule has 0 unspecified atom stereocenters. The summed E-state index contributed by atoms with van der Waals surface area (Å²) in [5.74, 6) is -19.3. The number of hydrogen-bond acceptors (Lipinski definition) is 0. The molecule has 0 amide bonds. The highest BCUT2D eigenvalue weighted by atomic mass is 19.4. The monoisotopic (exact) mass is 263 g/mol. The summed E-state index contributed by atoms with van der Waals surface area (Å²) in [7, 11) is 0. The van der Waals surface area contributed by atoms with Crippen LogP contribution in [-0.2, 0) is 5.11 Å². The van der Waals surface area contributed by atoms with E-state index in [4.69, 9.17) is 0 Å². The van der Waals surface area contributed by atoms with Crippen LogP contribution in [0.25, 0.3) is 0 Å². The van der Waals surface area contributed by atoms with Crippen molar-refractivity contribution in [3.63, 3.8) is 0 Å². The second-order valence-corrected chi connectivity index (χ2v) is 2.81. The molecule has 10 heteroatoms. The van der Waals surface area contributed by atoms with Crippen LogP contribution in [0, 0.1) is 0 Å². The second-order valence-electron chi connectivity index (χ2n) is 2.81. The van der Waals surface area contributed by atoms with Crippen LogP contribution in [-0.4, -0.2) is 30.6 Å². The van der Waals surface area contributed by atoms with Gasteiger partial charge in [-0.25, -0.2) is 5.11 Å². The van der Waals surface area contributed by atoms with Crippen LogP contribution >= 0.6 is 0 Å². The fourth-order valence-electron chi connectivity index (χ4n) is 0.693. The Kier molecular flexibility index (Phi) is 3.80. The van der Waals surface area contributed by atoms with Gasteiger partial charge in [0.25, 0.3) is 0 Å². The van der Waals surface area contributed by atoms with Crippen LogP contribution in [0.1, 0.15) is 6.42 Å². The Labute approximate surface area is 82.8 Å². The largest absolute Gasteiger partial charge is 0.460 e. The van der Waals surface area contributed by atoms with Gasteiger partial charge in [-0.05, 0) is 0 Å². The summed E-state index contributed by atoms with van der Waals surface area (Å²) in [4.78, 5) is 0. The molecule has 0 aliphatic carbocycles. The van der Waals surface area contributed by atoms with E-state index >= 15 is 0 Å². The first-order valence-corrected chi connectivity index (χ1v) is 3.59. The van der Waals surface area contributed by atoms with E-state index in [0.29, 0.717) is 0 Å². The minimum atomic E-state index is -6.90. The smallest absolute Gasteiger partial charge is 0.236 e. The van der Waals surface area contributed by atoms with Crippen molar-refractivity contribution in [3.8, 4) is 0 Å². The summed E-state index contributed by atoms with van der Waals surface area (Å²) < 4.78 is 108.